The normalized spacial score (nSPS) is 17.3. The number of anilines is 1. The van der Waals surface area contributed by atoms with Crippen LogP contribution in [-0.2, 0) is 0 Å². The molecule has 2 rings (SSSR count). The number of nitrogens with zero attached hydrogens (tertiary/aromatic N) is 1. The van der Waals surface area contributed by atoms with E-state index >= 15 is 0 Å². The molecule has 6 heteroatoms. The minimum Gasteiger partial charge on any atom is -0.325 e. The highest BCUT2D eigenvalue weighted by molar-refractivity contribution is 9.10. The third kappa shape index (κ3) is 4.37. The Balaban J connectivity index is 2.05. The van der Waals surface area contributed by atoms with E-state index < -0.39 is 0 Å². The number of hydrogen-bond donors (Lipinski definition) is 3. The molecule has 0 heterocycles. The zero-order valence-electron chi connectivity index (χ0n) is 10.6. The Bertz CT molecular complexity index is 458. The van der Waals surface area contributed by atoms with Crippen LogP contribution >= 0.6 is 27.5 Å². The van der Waals surface area contributed by atoms with Crippen LogP contribution in [0.2, 0.25) is 5.02 Å². The van der Waals surface area contributed by atoms with Crippen molar-refractivity contribution < 1.29 is 0 Å². The molecule has 0 spiro atoms. The molecule has 0 bridgehead atoms. The number of hydrogen-bond acceptors (Lipinski definition) is 2. The summed E-state index contributed by atoms with van der Waals surface area (Å²) in [4.78, 5) is 4.62. The van der Waals surface area contributed by atoms with Crippen molar-refractivity contribution in [1.29, 1.82) is 0 Å². The largest absolute Gasteiger partial charge is 0.325 e. The van der Waals surface area contributed by atoms with E-state index in [0.717, 1.165) is 23.0 Å². The maximum atomic E-state index is 5.96. The molecule has 19 heavy (non-hydrogen) atoms. The Kier molecular flexibility index (Phi) is 5.48. The SMILES string of the molecule is NNC(=NC1CCCCC1)Nc1ccc(Cl)c(Br)c1. The van der Waals surface area contributed by atoms with Crippen molar-refractivity contribution in [3.8, 4) is 0 Å². The lowest BCUT2D eigenvalue weighted by atomic mass is 9.96. The van der Waals surface area contributed by atoms with Gasteiger partial charge in [-0.25, -0.2) is 10.8 Å². The molecule has 0 aromatic heterocycles. The second-order valence-corrected chi connectivity index (χ2v) is 5.93. The summed E-state index contributed by atoms with van der Waals surface area (Å²) in [5.41, 5.74) is 3.51. The Morgan fingerprint density at radius 1 is 1.32 bits per heavy atom. The van der Waals surface area contributed by atoms with Crippen molar-refractivity contribution >= 4 is 39.2 Å². The van der Waals surface area contributed by atoms with Gasteiger partial charge in [0.05, 0.1) is 11.1 Å². The molecular formula is C13H18BrClN4. The van der Waals surface area contributed by atoms with E-state index in [4.69, 9.17) is 17.4 Å². The molecule has 104 valence electrons. The summed E-state index contributed by atoms with van der Waals surface area (Å²) in [6, 6.07) is 5.97. The van der Waals surface area contributed by atoms with Gasteiger partial charge in [0, 0.05) is 10.2 Å². The van der Waals surface area contributed by atoms with E-state index in [9.17, 15) is 0 Å². The van der Waals surface area contributed by atoms with Gasteiger partial charge in [0.2, 0.25) is 5.96 Å². The van der Waals surface area contributed by atoms with Gasteiger partial charge in [0.15, 0.2) is 0 Å². The second kappa shape index (κ2) is 7.12. The zero-order valence-corrected chi connectivity index (χ0v) is 13.0. The van der Waals surface area contributed by atoms with Crippen molar-refractivity contribution in [1.82, 2.24) is 5.43 Å². The first-order valence-corrected chi connectivity index (χ1v) is 7.62. The molecule has 0 saturated heterocycles. The summed E-state index contributed by atoms with van der Waals surface area (Å²) in [6.07, 6.45) is 6.08. The van der Waals surface area contributed by atoms with E-state index in [1.54, 1.807) is 0 Å². The number of nitrogens with one attached hydrogen (secondary N) is 2. The minimum atomic E-state index is 0.364. The number of aliphatic imine (C=N–C) groups is 1. The Labute approximate surface area is 126 Å². The van der Waals surface area contributed by atoms with Gasteiger partial charge >= 0.3 is 0 Å². The van der Waals surface area contributed by atoms with Crippen molar-refractivity contribution in [2.45, 2.75) is 38.1 Å². The highest BCUT2D eigenvalue weighted by Crippen LogP contribution is 2.25. The fraction of sp³-hybridized carbons (Fsp3) is 0.462. The van der Waals surface area contributed by atoms with Gasteiger partial charge in [-0.1, -0.05) is 30.9 Å². The molecule has 0 amide bonds. The second-order valence-electron chi connectivity index (χ2n) is 4.67. The fourth-order valence-corrected chi connectivity index (χ4v) is 2.71. The lowest BCUT2D eigenvalue weighted by molar-refractivity contribution is 0.442. The Morgan fingerprint density at radius 2 is 2.05 bits per heavy atom. The van der Waals surface area contributed by atoms with Crippen LogP contribution in [0.3, 0.4) is 0 Å². The summed E-state index contributed by atoms with van der Waals surface area (Å²) in [5.74, 6) is 6.12. The molecule has 1 fully saturated rings. The maximum Gasteiger partial charge on any atom is 0.210 e. The predicted octanol–water partition coefficient (Wildman–Crippen LogP) is 3.67. The molecule has 0 aliphatic heterocycles. The van der Waals surface area contributed by atoms with Crippen molar-refractivity contribution in [3.05, 3.63) is 27.7 Å². The van der Waals surface area contributed by atoms with E-state index in [1.807, 2.05) is 18.2 Å². The van der Waals surface area contributed by atoms with Gasteiger partial charge in [0.1, 0.15) is 0 Å². The maximum absolute atomic E-state index is 5.96. The molecule has 4 nitrogen and oxygen atoms in total. The molecule has 0 atom stereocenters. The number of guanidine groups is 1. The van der Waals surface area contributed by atoms with Gasteiger partial charge in [-0.3, -0.25) is 5.43 Å². The number of benzene rings is 1. The quantitative estimate of drug-likeness (QED) is 0.332. The number of rotatable bonds is 2. The van der Waals surface area contributed by atoms with E-state index in [0.29, 0.717) is 17.0 Å². The van der Waals surface area contributed by atoms with Crippen molar-refractivity contribution in [2.24, 2.45) is 10.8 Å². The van der Waals surface area contributed by atoms with Crippen molar-refractivity contribution in [3.63, 3.8) is 0 Å². The van der Waals surface area contributed by atoms with Gasteiger partial charge < -0.3 is 5.32 Å². The molecule has 1 saturated carbocycles. The number of hydrazine groups is 1. The molecular weight excluding hydrogens is 328 g/mol. The first-order chi connectivity index (χ1) is 9.19. The molecule has 4 N–H and O–H groups in total. The van der Waals surface area contributed by atoms with E-state index in [-0.39, 0.29) is 0 Å². The van der Waals surface area contributed by atoms with Gasteiger partial charge in [0.25, 0.3) is 0 Å². The van der Waals surface area contributed by atoms with Crippen LogP contribution in [0.4, 0.5) is 5.69 Å². The number of nitrogens with two attached hydrogens (primary N) is 1. The molecule has 0 unspecified atom stereocenters. The summed E-state index contributed by atoms with van der Waals surface area (Å²) in [6.45, 7) is 0. The lowest BCUT2D eigenvalue weighted by Crippen LogP contribution is -2.37. The van der Waals surface area contributed by atoms with Crippen LogP contribution in [0.5, 0.6) is 0 Å². The number of halogens is 2. The monoisotopic (exact) mass is 344 g/mol. The van der Waals surface area contributed by atoms with Gasteiger partial charge in [-0.15, -0.1) is 0 Å². The summed E-state index contributed by atoms with van der Waals surface area (Å²) >= 11 is 9.35. The van der Waals surface area contributed by atoms with Crippen LogP contribution in [0.1, 0.15) is 32.1 Å². The molecule has 1 aromatic rings. The lowest BCUT2D eigenvalue weighted by Gasteiger charge is -2.19. The summed E-state index contributed by atoms with van der Waals surface area (Å²) < 4.78 is 0.841. The van der Waals surface area contributed by atoms with Crippen LogP contribution in [0.15, 0.2) is 27.7 Å². The van der Waals surface area contributed by atoms with Crippen molar-refractivity contribution in [2.75, 3.05) is 5.32 Å². The minimum absolute atomic E-state index is 0.364. The average molecular weight is 346 g/mol. The molecule has 0 radical (unpaired) electrons. The zero-order chi connectivity index (χ0) is 13.7. The third-order valence-electron chi connectivity index (χ3n) is 3.21. The topological polar surface area (TPSA) is 62.4 Å². The van der Waals surface area contributed by atoms with Crippen LogP contribution in [0, 0.1) is 0 Å². The highest BCUT2D eigenvalue weighted by Gasteiger charge is 2.13. The first kappa shape index (κ1) is 14.6. The van der Waals surface area contributed by atoms with Crippen LogP contribution in [-0.4, -0.2) is 12.0 Å². The Morgan fingerprint density at radius 3 is 2.68 bits per heavy atom. The summed E-state index contributed by atoms with van der Waals surface area (Å²) in [7, 11) is 0. The molecule has 1 aliphatic rings. The van der Waals surface area contributed by atoms with E-state index in [2.05, 4.69) is 31.7 Å². The first-order valence-electron chi connectivity index (χ1n) is 6.45. The average Bonchev–Trinajstić information content (AvgIpc) is 2.43. The van der Waals surface area contributed by atoms with Gasteiger partial charge in [-0.05, 0) is 47.0 Å². The predicted molar refractivity (Wildman–Crippen MR) is 84.4 cm³/mol. The smallest absolute Gasteiger partial charge is 0.210 e. The van der Waals surface area contributed by atoms with Crippen LogP contribution < -0.4 is 16.6 Å². The van der Waals surface area contributed by atoms with Gasteiger partial charge in [-0.2, -0.15) is 0 Å². The third-order valence-corrected chi connectivity index (χ3v) is 4.42. The Hall–Kier alpha value is -0.780. The highest BCUT2D eigenvalue weighted by atomic mass is 79.9. The fourth-order valence-electron chi connectivity index (χ4n) is 2.21. The van der Waals surface area contributed by atoms with Crippen LogP contribution in [0.25, 0.3) is 0 Å². The molecule has 1 aliphatic carbocycles. The summed E-state index contributed by atoms with van der Waals surface area (Å²) in [5, 5.41) is 3.85. The van der Waals surface area contributed by atoms with E-state index in [1.165, 1.54) is 19.3 Å². The molecule has 1 aromatic carbocycles. The standard InChI is InChI=1S/C13H18BrClN4/c14-11-8-10(6-7-12(11)15)18-13(19-16)17-9-4-2-1-3-5-9/h6-9H,1-5,16H2,(H2,17,18,19).